The van der Waals surface area contributed by atoms with E-state index >= 15 is 0 Å². The van der Waals surface area contributed by atoms with E-state index in [1.165, 1.54) is 6.20 Å². The minimum atomic E-state index is -0.531. The second-order valence-corrected chi connectivity index (χ2v) is 2.47. The molecule has 0 radical (unpaired) electrons. The quantitative estimate of drug-likeness (QED) is 0.586. The van der Waals surface area contributed by atoms with Gasteiger partial charge in [0.25, 0.3) is 0 Å². The van der Waals surface area contributed by atoms with Crippen molar-refractivity contribution in [3.8, 4) is 5.75 Å². The Morgan fingerprint density at radius 1 is 1.43 bits per heavy atom. The lowest BCUT2D eigenvalue weighted by atomic mass is 10.3. The van der Waals surface area contributed by atoms with E-state index in [0.717, 1.165) is 17.6 Å². The molecule has 74 valence electrons. The van der Waals surface area contributed by atoms with Crippen LogP contribution in [0.25, 0.3) is 0 Å². The molecular weight excluding hydrogens is 184 g/mol. The molecule has 0 saturated carbocycles. The lowest BCUT2D eigenvalue weighted by Gasteiger charge is -2.01. The zero-order valence-corrected chi connectivity index (χ0v) is 7.64. The Labute approximate surface area is 81.2 Å². The smallest absolute Gasteiger partial charge is 0.250 e. The molecule has 0 aliphatic carbocycles. The molecule has 0 heterocycles. The van der Waals surface area contributed by atoms with Gasteiger partial charge in [-0.15, -0.1) is 0 Å². The average Bonchev–Trinajstić information content (AvgIpc) is 2.18. The van der Waals surface area contributed by atoms with Crippen LogP contribution in [0.2, 0.25) is 0 Å². The monoisotopic (exact) mass is 194 g/mol. The number of nitrogens with zero attached hydrogens (tertiary/aromatic N) is 1. The number of nitro groups is 1. The van der Waals surface area contributed by atoms with Crippen LogP contribution in [0.5, 0.6) is 5.75 Å². The van der Waals surface area contributed by atoms with Gasteiger partial charge >= 0.3 is 0 Å². The lowest BCUT2D eigenvalue weighted by molar-refractivity contribution is -0.402. The molecule has 0 spiro atoms. The summed E-state index contributed by atoms with van der Waals surface area (Å²) in [5.74, 6) is 0.744. The third-order valence-electron chi connectivity index (χ3n) is 1.54. The number of methoxy groups -OCH3 is 1. The highest BCUT2D eigenvalue weighted by atomic mass is 16.6. The Morgan fingerprint density at radius 3 is 2.57 bits per heavy atom. The van der Waals surface area contributed by atoms with Crippen molar-refractivity contribution in [3.63, 3.8) is 0 Å². The summed E-state index contributed by atoms with van der Waals surface area (Å²) in [7, 11) is 1.58. The SMILES string of the molecule is COc1ccc(N/C=C/[N+](=O)[O-])cc1. The van der Waals surface area contributed by atoms with Crippen molar-refractivity contribution in [2.75, 3.05) is 12.4 Å². The van der Waals surface area contributed by atoms with Crippen molar-refractivity contribution in [3.05, 3.63) is 46.8 Å². The van der Waals surface area contributed by atoms with Crippen molar-refractivity contribution < 1.29 is 9.66 Å². The maximum absolute atomic E-state index is 9.95. The van der Waals surface area contributed by atoms with E-state index in [-0.39, 0.29) is 0 Å². The molecule has 14 heavy (non-hydrogen) atoms. The van der Waals surface area contributed by atoms with Gasteiger partial charge in [-0.3, -0.25) is 10.1 Å². The standard InChI is InChI=1S/C9H10N2O3/c1-14-9-4-2-8(3-5-9)10-6-7-11(12)13/h2-7,10H,1H3/b7-6+. The molecule has 0 aliphatic rings. The second kappa shape index (κ2) is 4.86. The van der Waals surface area contributed by atoms with E-state index in [1.807, 2.05) is 0 Å². The molecule has 1 N–H and O–H groups in total. The van der Waals surface area contributed by atoms with E-state index in [0.29, 0.717) is 0 Å². The summed E-state index contributed by atoms with van der Waals surface area (Å²) in [6, 6.07) is 7.07. The van der Waals surface area contributed by atoms with E-state index in [9.17, 15) is 10.1 Å². The van der Waals surface area contributed by atoms with Crippen LogP contribution in [0.15, 0.2) is 36.7 Å². The highest BCUT2D eigenvalue weighted by Crippen LogP contribution is 2.14. The first-order chi connectivity index (χ1) is 6.72. The Kier molecular flexibility index (Phi) is 3.49. The molecular formula is C9H10N2O3. The minimum absolute atomic E-state index is 0.531. The van der Waals surface area contributed by atoms with E-state index < -0.39 is 4.92 Å². The van der Waals surface area contributed by atoms with Gasteiger partial charge in [-0.1, -0.05) is 0 Å². The fraction of sp³-hybridized carbons (Fsp3) is 0.111. The van der Waals surface area contributed by atoms with Crippen LogP contribution in [-0.2, 0) is 0 Å². The van der Waals surface area contributed by atoms with Gasteiger partial charge in [-0.05, 0) is 24.3 Å². The number of rotatable bonds is 4. The molecule has 1 rings (SSSR count). The van der Waals surface area contributed by atoms with E-state index in [1.54, 1.807) is 31.4 Å². The highest BCUT2D eigenvalue weighted by molar-refractivity contribution is 5.47. The van der Waals surface area contributed by atoms with Gasteiger partial charge in [0.15, 0.2) is 0 Å². The van der Waals surface area contributed by atoms with Crippen molar-refractivity contribution in [2.24, 2.45) is 0 Å². The van der Waals surface area contributed by atoms with Gasteiger partial charge in [-0.2, -0.15) is 0 Å². The first-order valence-corrected chi connectivity index (χ1v) is 3.93. The second-order valence-electron chi connectivity index (χ2n) is 2.47. The Hall–Kier alpha value is -2.04. The summed E-state index contributed by atoms with van der Waals surface area (Å²) < 4.78 is 4.96. The molecule has 0 amide bonds. The Bertz CT molecular complexity index is 332. The first kappa shape index (κ1) is 10.0. The molecule has 0 fully saturated rings. The predicted molar refractivity (Wildman–Crippen MR) is 52.8 cm³/mol. The molecule has 0 bridgehead atoms. The highest BCUT2D eigenvalue weighted by Gasteiger charge is 1.91. The molecule has 0 saturated heterocycles. The van der Waals surface area contributed by atoms with E-state index in [4.69, 9.17) is 4.74 Å². The molecule has 0 aromatic heterocycles. The summed E-state index contributed by atoms with van der Waals surface area (Å²) in [6.07, 6.45) is 2.10. The number of hydrogen-bond donors (Lipinski definition) is 1. The van der Waals surface area contributed by atoms with Crippen LogP contribution < -0.4 is 10.1 Å². The molecule has 5 nitrogen and oxygen atoms in total. The summed E-state index contributed by atoms with van der Waals surface area (Å²) in [6.45, 7) is 0. The first-order valence-electron chi connectivity index (χ1n) is 3.93. The summed E-state index contributed by atoms with van der Waals surface area (Å²) in [4.78, 5) is 9.42. The predicted octanol–water partition coefficient (Wildman–Crippen LogP) is 1.85. The Morgan fingerprint density at radius 2 is 2.07 bits per heavy atom. The number of ether oxygens (including phenoxy) is 1. The van der Waals surface area contributed by atoms with Crippen molar-refractivity contribution in [1.82, 2.24) is 0 Å². The normalized spacial score (nSPS) is 10.1. The van der Waals surface area contributed by atoms with Crippen molar-refractivity contribution >= 4 is 5.69 Å². The fourth-order valence-electron chi connectivity index (χ4n) is 0.882. The molecule has 0 atom stereocenters. The molecule has 0 unspecified atom stereocenters. The minimum Gasteiger partial charge on any atom is -0.497 e. The lowest BCUT2D eigenvalue weighted by Crippen LogP contribution is -1.91. The van der Waals surface area contributed by atoms with Crippen molar-refractivity contribution in [2.45, 2.75) is 0 Å². The van der Waals surface area contributed by atoms with Gasteiger partial charge in [-0.25, -0.2) is 0 Å². The van der Waals surface area contributed by atoms with Gasteiger partial charge in [0.1, 0.15) is 5.75 Å². The average molecular weight is 194 g/mol. The van der Waals surface area contributed by atoms with Gasteiger partial charge in [0.05, 0.1) is 18.2 Å². The van der Waals surface area contributed by atoms with Gasteiger partial charge in [0, 0.05) is 5.69 Å². The van der Waals surface area contributed by atoms with Crippen molar-refractivity contribution in [1.29, 1.82) is 0 Å². The molecule has 5 heteroatoms. The van der Waals surface area contributed by atoms with Gasteiger partial charge in [0.2, 0.25) is 6.20 Å². The summed E-state index contributed by atoms with van der Waals surface area (Å²) >= 11 is 0. The largest absolute Gasteiger partial charge is 0.497 e. The Balaban J connectivity index is 2.56. The van der Waals surface area contributed by atoms with Crippen LogP contribution in [0, 0.1) is 10.1 Å². The van der Waals surface area contributed by atoms with Crippen LogP contribution in [0.1, 0.15) is 0 Å². The topological polar surface area (TPSA) is 64.4 Å². The zero-order valence-electron chi connectivity index (χ0n) is 7.64. The van der Waals surface area contributed by atoms with Gasteiger partial charge < -0.3 is 10.1 Å². The fourth-order valence-corrected chi connectivity index (χ4v) is 0.882. The van der Waals surface area contributed by atoms with Crippen LogP contribution >= 0.6 is 0 Å². The molecule has 1 aromatic carbocycles. The third-order valence-corrected chi connectivity index (χ3v) is 1.54. The van der Waals surface area contributed by atoms with Crippen LogP contribution in [0.3, 0.4) is 0 Å². The maximum Gasteiger partial charge on any atom is 0.250 e. The summed E-state index contributed by atoms with van der Waals surface area (Å²) in [5, 5.41) is 12.7. The van der Waals surface area contributed by atoms with Crippen LogP contribution in [-0.4, -0.2) is 12.0 Å². The zero-order chi connectivity index (χ0) is 10.4. The number of nitrogens with one attached hydrogen (secondary N) is 1. The molecule has 1 aromatic rings. The number of hydrogen-bond acceptors (Lipinski definition) is 4. The third kappa shape index (κ3) is 3.14. The number of benzene rings is 1. The summed E-state index contributed by atoms with van der Waals surface area (Å²) in [5.41, 5.74) is 0.768. The van der Waals surface area contributed by atoms with Crippen LogP contribution in [0.4, 0.5) is 5.69 Å². The maximum atomic E-state index is 9.95. The number of anilines is 1. The molecule has 0 aliphatic heterocycles. The van der Waals surface area contributed by atoms with E-state index in [2.05, 4.69) is 5.32 Å².